The average molecular weight is 489 g/mol. The standard InChI is InChI=1S/C17H9BrCl3F3O2/c18-11-3-1-2-10(16(25)26)14(11)9(4-5-17(22,23)24)8-6-12(19)15(21)13(20)7-8/h1-4,6-7H,5H2,(H,25,26)/b9-4-. The largest absolute Gasteiger partial charge is 0.478 e. The zero-order valence-corrected chi connectivity index (χ0v) is 16.5. The average Bonchev–Trinajstić information content (AvgIpc) is 2.52. The zero-order chi connectivity index (χ0) is 19.6. The van der Waals surface area contributed by atoms with E-state index in [1.165, 1.54) is 30.3 Å². The number of carboxylic acid groups (broad SMARTS) is 1. The molecule has 2 nitrogen and oxygen atoms in total. The molecule has 0 fully saturated rings. The van der Waals surface area contributed by atoms with Crippen LogP contribution in [0.2, 0.25) is 15.1 Å². The van der Waals surface area contributed by atoms with E-state index in [0.717, 1.165) is 6.08 Å². The second-order valence-electron chi connectivity index (χ2n) is 5.16. The number of allylic oxidation sites excluding steroid dienone is 1. The van der Waals surface area contributed by atoms with E-state index < -0.39 is 18.6 Å². The fourth-order valence-corrected chi connectivity index (χ4v) is 3.45. The number of hydrogen-bond donors (Lipinski definition) is 1. The minimum Gasteiger partial charge on any atom is -0.478 e. The number of carboxylic acids is 1. The van der Waals surface area contributed by atoms with Crippen molar-refractivity contribution in [2.45, 2.75) is 12.6 Å². The van der Waals surface area contributed by atoms with Gasteiger partial charge in [-0.3, -0.25) is 0 Å². The lowest BCUT2D eigenvalue weighted by molar-refractivity contribution is -0.124. The first-order valence-electron chi connectivity index (χ1n) is 6.95. The summed E-state index contributed by atoms with van der Waals surface area (Å²) in [6.45, 7) is 0. The molecule has 0 aliphatic carbocycles. The number of benzene rings is 2. The molecule has 0 saturated carbocycles. The van der Waals surface area contributed by atoms with Gasteiger partial charge in [0.2, 0.25) is 0 Å². The van der Waals surface area contributed by atoms with Gasteiger partial charge in [-0.15, -0.1) is 0 Å². The van der Waals surface area contributed by atoms with Gasteiger partial charge in [-0.1, -0.05) is 62.9 Å². The van der Waals surface area contributed by atoms with E-state index in [9.17, 15) is 23.1 Å². The van der Waals surface area contributed by atoms with Gasteiger partial charge in [0, 0.05) is 10.0 Å². The Morgan fingerprint density at radius 2 is 1.73 bits per heavy atom. The van der Waals surface area contributed by atoms with Gasteiger partial charge in [-0.25, -0.2) is 4.79 Å². The topological polar surface area (TPSA) is 37.3 Å². The van der Waals surface area contributed by atoms with Crippen LogP contribution in [0.3, 0.4) is 0 Å². The van der Waals surface area contributed by atoms with Crippen molar-refractivity contribution in [3.8, 4) is 0 Å². The molecule has 138 valence electrons. The maximum atomic E-state index is 12.8. The van der Waals surface area contributed by atoms with Gasteiger partial charge in [0.25, 0.3) is 0 Å². The second-order valence-corrected chi connectivity index (χ2v) is 7.21. The van der Waals surface area contributed by atoms with Crippen molar-refractivity contribution in [1.82, 2.24) is 0 Å². The first kappa shape index (κ1) is 21.1. The van der Waals surface area contributed by atoms with Crippen molar-refractivity contribution >= 4 is 62.3 Å². The summed E-state index contributed by atoms with van der Waals surface area (Å²) < 4.78 is 38.7. The molecule has 0 spiro atoms. The predicted octanol–water partition coefficient (Wildman–Crippen LogP) is 7.49. The van der Waals surface area contributed by atoms with Gasteiger partial charge in [-0.05, 0) is 35.4 Å². The van der Waals surface area contributed by atoms with Crippen LogP contribution in [0.15, 0.2) is 40.9 Å². The van der Waals surface area contributed by atoms with Crippen LogP contribution >= 0.6 is 50.7 Å². The number of carbonyl (C=O) groups is 1. The van der Waals surface area contributed by atoms with E-state index in [-0.39, 0.29) is 37.3 Å². The fourth-order valence-electron chi connectivity index (χ4n) is 2.27. The SMILES string of the molecule is O=C(O)c1cccc(Br)c1/C(=C\CC(F)(F)F)c1cc(Cl)c(Cl)c(Cl)c1. The maximum Gasteiger partial charge on any atom is 0.392 e. The van der Waals surface area contributed by atoms with Crippen LogP contribution in [0.4, 0.5) is 13.2 Å². The van der Waals surface area contributed by atoms with Gasteiger partial charge in [0.05, 0.1) is 27.1 Å². The zero-order valence-electron chi connectivity index (χ0n) is 12.7. The van der Waals surface area contributed by atoms with Gasteiger partial charge in [0.15, 0.2) is 0 Å². The third-order valence-corrected chi connectivity index (χ3v) is 5.20. The number of hydrogen-bond acceptors (Lipinski definition) is 1. The van der Waals surface area contributed by atoms with Crippen molar-refractivity contribution in [3.63, 3.8) is 0 Å². The fraction of sp³-hybridized carbons (Fsp3) is 0.118. The molecule has 0 amide bonds. The summed E-state index contributed by atoms with van der Waals surface area (Å²) >= 11 is 21.1. The summed E-state index contributed by atoms with van der Waals surface area (Å²) in [6, 6.07) is 6.97. The molecule has 0 aromatic heterocycles. The van der Waals surface area contributed by atoms with E-state index in [1.54, 1.807) is 0 Å². The molecule has 0 radical (unpaired) electrons. The van der Waals surface area contributed by atoms with E-state index >= 15 is 0 Å². The highest BCUT2D eigenvalue weighted by Crippen LogP contribution is 2.39. The highest BCUT2D eigenvalue weighted by Gasteiger charge is 2.27. The molecule has 2 aromatic rings. The van der Waals surface area contributed by atoms with Crippen molar-refractivity contribution in [1.29, 1.82) is 0 Å². The van der Waals surface area contributed by atoms with Crippen LogP contribution in [0.5, 0.6) is 0 Å². The minimum atomic E-state index is -4.48. The second kappa shape index (κ2) is 8.21. The highest BCUT2D eigenvalue weighted by atomic mass is 79.9. The Kier molecular flexibility index (Phi) is 6.66. The minimum absolute atomic E-state index is 0.0210. The number of halogens is 7. The summed E-state index contributed by atoms with van der Waals surface area (Å²) in [4.78, 5) is 11.6. The molecule has 2 rings (SSSR count). The van der Waals surface area contributed by atoms with Crippen molar-refractivity contribution in [2.75, 3.05) is 0 Å². The molecule has 0 unspecified atom stereocenters. The third kappa shape index (κ3) is 4.94. The molecule has 26 heavy (non-hydrogen) atoms. The highest BCUT2D eigenvalue weighted by molar-refractivity contribution is 9.10. The first-order chi connectivity index (χ1) is 12.0. The van der Waals surface area contributed by atoms with Gasteiger partial charge >= 0.3 is 12.1 Å². The quantitative estimate of drug-likeness (QED) is 0.453. The molecule has 1 N–H and O–H groups in total. The van der Waals surface area contributed by atoms with E-state index in [1.807, 2.05) is 0 Å². The molecule has 2 aromatic carbocycles. The summed E-state index contributed by atoms with van der Waals surface area (Å²) in [5.41, 5.74) is 0.143. The first-order valence-corrected chi connectivity index (χ1v) is 8.88. The number of aromatic carboxylic acids is 1. The molecular weight excluding hydrogens is 479 g/mol. The van der Waals surface area contributed by atoms with Crippen LogP contribution in [0.1, 0.15) is 27.9 Å². The lowest BCUT2D eigenvalue weighted by Crippen LogP contribution is -2.07. The van der Waals surface area contributed by atoms with Crippen molar-refractivity contribution in [3.05, 3.63) is 72.6 Å². The monoisotopic (exact) mass is 486 g/mol. The van der Waals surface area contributed by atoms with Crippen LogP contribution in [0.25, 0.3) is 5.57 Å². The van der Waals surface area contributed by atoms with E-state index in [2.05, 4.69) is 15.9 Å². The molecule has 0 saturated heterocycles. The normalized spacial score (nSPS) is 12.3. The Balaban J connectivity index is 2.78. The van der Waals surface area contributed by atoms with E-state index in [4.69, 9.17) is 34.8 Å². The van der Waals surface area contributed by atoms with Crippen LogP contribution < -0.4 is 0 Å². The summed E-state index contributed by atoms with van der Waals surface area (Å²) in [6.07, 6.45) is -4.85. The number of alkyl halides is 3. The van der Waals surface area contributed by atoms with E-state index in [0.29, 0.717) is 4.47 Å². The Labute approximate surface area is 170 Å². The molecule has 9 heteroatoms. The lowest BCUT2D eigenvalue weighted by atomic mass is 9.93. The van der Waals surface area contributed by atoms with Crippen molar-refractivity contribution < 1.29 is 23.1 Å². The molecular formula is C17H9BrCl3F3O2. The maximum absolute atomic E-state index is 12.8. The molecule has 0 atom stereocenters. The van der Waals surface area contributed by atoms with Gasteiger partial charge in [-0.2, -0.15) is 13.2 Å². The predicted molar refractivity (Wildman–Crippen MR) is 100 cm³/mol. The van der Waals surface area contributed by atoms with Gasteiger partial charge in [0.1, 0.15) is 0 Å². The molecule has 0 aliphatic rings. The van der Waals surface area contributed by atoms with Crippen molar-refractivity contribution in [2.24, 2.45) is 0 Å². The van der Waals surface area contributed by atoms with Crippen LogP contribution in [-0.2, 0) is 0 Å². The van der Waals surface area contributed by atoms with Crippen LogP contribution in [0, 0.1) is 0 Å². The Morgan fingerprint density at radius 3 is 2.23 bits per heavy atom. The third-order valence-electron chi connectivity index (χ3n) is 3.35. The summed E-state index contributed by atoms with van der Waals surface area (Å²) in [7, 11) is 0. The van der Waals surface area contributed by atoms with Crippen LogP contribution in [-0.4, -0.2) is 17.3 Å². The summed E-state index contributed by atoms with van der Waals surface area (Å²) in [5.74, 6) is -1.29. The smallest absolute Gasteiger partial charge is 0.392 e. The summed E-state index contributed by atoms with van der Waals surface area (Å²) in [5, 5.41) is 9.55. The lowest BCUT2D eigenvalue weighted by Gasteiger charge is -2.16. The Hall–Kier alpha value is -1.21. The van der Waals surface area contributed by atoms with Gasteiger partial charge < -0.3 is 5.11 Å². The molecule has 0 heterocycles. The Bertz CT molecular complexity index is 872. The Morgan fingerprint density at radius 1 is 1.15 bits per heavy atom. The molecule has 0 bridgehead atoms. The number of rotatable bonds is 4. The molecule has 0 aliphatic heterocycles.